The predicted octanol–water partition coefficient (Wildman–Crippen LogP) is 2.36. The van der Waals surface area contributed by atoms with Crippen LogP contribution in [0.2, 0.25) is 0 Å². The molecule has 0 saturated carbocycles. The van der Waals surface area contributed by atoms with E-state index in [1.165, 1.54) is 5.56 Å². The first-order valence-electron chi connectivity index (χ1n) is 4.15. The van der Waals surface area contributed by atoms with Crippen molar-refractivity contribution in [3.63, 3.8) is 0 Å². The Morgan fingerprint density at radius 3 is 2.67 bits per heavy atom. The third-order valence-corrected chi connectivity index (χ3v) is 1.88. The van der Waals surface area contributed by atoms with Crippen LogP contribution in [0.25, 0.3) is 0 Å². The quantitative estimate of drug-likeness (QED) is 0.826. The Labute approximate surface area is 101 Å². The van der Waals surface area contributed by atoms with Gasteiger partial charge < -0.3 is 10.3 Å². The molecule has 1 aromatic heterocycles. The van der Waals surface area contributed by atoms with Gasteiger partial charge in [-0.3, -0.25) is 0 Å². The topological polar surface area (TPSA) is 43.8 Å². The van der Waals surface area contributed by atoms with Crippen molar-refractivity contribution in [3.05, 3.63) is 48.5 Å². The van der Waals surface area contributed by atoms with Crippen molar-refractivity contribution in [1.29, 1.82) is 0 Å². The molecule has 2 N–H and O–H groups in total. The first-order chi connectivity index (χ1) is 6.34. The Balaban J connectivity index is 0.000000980. The monoisotopic (exact) mass is 245 g/mol. The summed E-state index contributed by atoms with van der Waals surface area (Å²) in [5.74, 6) is 0. The van der Waals surface area contributed by atoms with Crippen molar-refractivity contribution < 1.29 is 0 Å². The standard InChI is InChI=1S/C10H11N3.2ClH/c11-10-3-1-2-9(6-10)7-13-5-4-12-8-13;;/h1-6,8H,7,11H2;2*1H. The molecule has 0 bridgehead atoms. The van der Waals surface area contributed by atoms with Crippen molar-refractivity contribution in [3.8, 4) is 0 Å². The Morgan fingerprint density at radius 1 is 1.27 bits per heavy atom. The Hall–Kier alpha value is -1.19. The number of anilines is 1. The number of nitrogens with two attached hydrogens (primary N) is 1. The molecule has 0 atom stereocenters. The molecule has 1 aromatic carbocycles. The van der Waals surface area contributed by atoms with Crippen LogP contribution in [0.5, 0.6) is 0 Å². The molecule has 2 aromatic rings. The fraction of sp³-hybridized carbons (Fsp3) is 0.100. The summed E-state index contributed by atoms with van der Waals surface area (Å²) in [4.78, 5) is 3.97. The van der Waals surface area contributed by atoms with Crippen molar-refractivity contribution in [1.82, 2.24) is 9.55 Å². The summed E-state index contributed by atoms with van der Waals surface area (Å²) in [7, 11) is 0. The lowest BCUT2D eigenvalue weighted by atomic mass is 10.2. The van der Waals surface area contributed by atoms with Gasteiger partial charge in [0.2, 0.25) is 0 Å². The van der Waals surface area contributed by atoms with E-state index in [9.17, 15) is 0 Å². The molecule has 0 fully saturated rings. The second-order valence-corrected chi connectivity index (χ2v) is 2.98. The van der Waals surface area contributed by atoms with Gasteiger partial charge in [0.1, 0.15) is 0 Å². The highest BCUT2D eigenvalue weighted by molar-refractivity contribution is 5.85. The number of aromatic nitrogens is 2. The first-order valence-corrected chi connectivity index (χ1v) is 4.15. The zero-order valence-electron chi connectivity index (χ0n) is 8.04. The average molecular weight is 246 g/mol. The summed E-state index contributed by atoms with van der Waals surface area (Å²) < 4.78 is 2.01. The van der Waals surface area contributed by atoms with Crippen molar-refractivity contribution >= 4 is 30.5 Å². The summed E-state index contributed by atoms with van der Waals surface area (Å²) in [6, 6.07) is 7.87. The van der Waals surface area contributed by atoms with Gasteiger partial charge in [-0.15, -0.1) is 24.8 Å². The molecule has 0 saturated heterocycles. The van der Waals surface area contributed by atoms with E-state index >= 15 is 0 Å². The highest BCUT2D eigenvalue weighted by Gasteiger charge is 1.93. The van der Waals surface area contributed by atoms with E-state index in [-0.39, 0.29) is 24.8 Å². The molecule has 0 radical (unpaired) electrons. The smallest absolute Gasteiger partial charge is 0.0949 e. The van der Waals surface area contributed by atoms with Gasteiger partial charge in [0.05, 0.1) is 6.33 Å². The third kappa shape index (κ3) is 3.81. The van der Waals surface area contributed by atoms with Gasteiger partial charge in [0.25, 0.3) is 0 Å². The molecular formula is C10H13Cl2N3. The van der Waals surface area contributed by atoms with E-state index < -0.39 is 0 Å². The maximum Gasteiger partial charge on any atom is 0.0949 e. The van der Waals surface area contributed by atoms with Crippen molar-refractivity contribution in [2.75, 3.05) is 5.73 Å². The van der Waals surface area contributed by atoms with Crippen LogP contribution in [0.15, 0.2) is 43.0 Å². The van der Waals surface area contributed by atoms with Gasteiger partial charge in [-0.1, -0.05) is 12.1 Å². The summed E-state index contributed by atoms with van der Waals surface area (Å²) >= 11 is 0. The van der Waals surface area contributed by atoms with Crippen molar-refractivity contribution in [2.24, 2.45) is 0 Å². The maximum absolute atomic E-state index is 5.66. The number of imidazole rings is 1. The fourth-order valence-electron chi connectivity index (χ4n) is 1.28. The second-order valence-electron chi connectivity index (χ2n) is 2.98. The van der Waals surface area contributed by atoms with Gasteiger partial charge in [0, 0.05) is 24.6 Å². The Morgan fingerprint density at radius 2 is 2.07 bits per heavy atom. The molecular weight excluding hydrogens is 233 g/mol. The van der Waals surface area contributed by atoms with Crippen LogP contribution in [0.4, 0.5) is 5.69 Å². The Kier molecular flexibility index (Phi) is 5.82. The van der Waals surface area contributed by atoms with Crippen LogP contribution in [-0.4, -0.2) is 9.55 Å². The highest BCUT2D eigenvalue weighted by atomic mass is 35.5. The van der Waals surface area contributed by atoms with Crippen LogP contribution in [0, 0.1) is 0 Å². The van der Waals surface area contributed by atoms with Gasteiger partial charge in [-0.2, -0.15) is 0 Å². The van der Waals surface area contributed by atoms with E-state index in [4.69, 9.17) is 5.73 Å². The largest absolute Gasteiger partial charge is 0.399 e. The molecule has 0 unspecified atom stereocenters. The van der Waals surface area contributed by atoms with Gasteiger partial charge in [-0.05, 0) is 17.7 Å². The molecule has 3 nitrogen and oxygen atoms in total. The fourth-order valence-corrected chi connectivity index (χ4v) is 1.28. The number of hydrogen-bond donors (Lipinski definition) is 1. The minimum Gasteiger partial charge on any atom is -0.399 e. The third-order valence-electron chi connectivity index (χ3n) is 1.88. The summed E-state index contributed by atoms with van der Waals surface area (Å²) in [5, 5.41) is 0. The number of nitrogens with zero attached hydrogens (tertiary/aromatic N) is 2. The molecule has 82 valence electrons. The van der Waals surface area contributed by atoms with Crippen molar-refractivity contribution in [2.45, 2.75) is 6.54 Å². The lowest BCUT2D eigenvalue weighted by molar-refractivity contribution is 0.798. The minimum atomic E-state index is 0. The van der Waals surface area contributed by atoms with Gasteiger partial charge in [0.15, 0.2) is 0 Å². The predicted molar refractivity (Wildman–Crippen MR) is 66.7 cm³/mol. The molecule has 0 amide bonds. The zero-order valence-corrected chi connectivity index (χ0v) is 9.67. The van der Waals surface area contributed by atoms with E-state index in [2.05, 4.69) is 11.1 Å². The van der Waals surface area contributed by atoms with E-state index in [0.717, 1.165) is 12.2 Å². The average Bonchev–Trinajstić information content (AvgIpc) is 2.57. The number of benzene rings is 1. The lowest BCUT2D eigenvalue weighted by Crippen LogP contribution is -1.96. The maximum atomic E-state index is 5.66. The molecule has 15 heavy (non-hydrogen) atoms. The second kappa shape index (κ2) is 6.32. The van der Waals surface area contributed by atoms with E-state index in [1.54, 1.807) is 12.5 Å². The first kappa shape index (κ1) is 13.8. The summed E-state index contributed by atoms with van der Waals surface area (Å²) in [6.45, 7) is 0.824. The molecule has 0 aliphatic heterocycles. The van der Waals surface area contributed by atoms with Crippen LogP contribution in [0.1, 0.15) is 5.56 Å². The van der Waals surface area contributed by atoms with Crippen LogP contribution in [-0.2, 0) is 6.54 Å². The molecule has 5 heteroatoms. The molecule has 1 heterocycles. The number of nitrogen functional groups attached to an aromatic ring is 1. The molecule has 0 aliphatic carbocycles. The summed E-state index contributed by atoms with van der Waals surface area (Å²) in [5.41, 5.74) is 7.66. The number of rotatable bonds is 2. The number of halogens is 2. The van der Waals surface area contributed by atoms with Crippen LogP contribution < -0.4 is 5.73 Å². The van der Waals surface area contributed by atoms with Crippen LogP contribution in [0.3, 0.4) is 0 Å². The Bertz CT molecular complexity index is 387. The summed E-state index contributed by atoms with van der Waals surface area (Å²) in [6.07, 6.45) is 5.50. The molecule has 0 spiro atoms. The lowest BCUT2D eigenvalue weighted by Gasteiger charge is -2.02. The zero-order chi connectivity index (χ0) is 9.10. The highest BCUT2D eigenvalue weighted by Crippen LogP contribution is 2.07. The minimum absolute atomic E-state index is 0. The van der Waals surface area contributed by atoms with E-state index in [0.29, 0.717) is 0 Å². The van der Waals surface area contributed by atoms with Crippen LogP contribution >= 0.6 is 24.8 Å². The SMILES string of the molecule is Cl.Cl.Nc1cccc(Cn2ccnc2)c1. The molecule has 2 rings (SSSR count). The number of hydrogen-bond acceptors (Lipinski definition) is 2. The molecule has 0 aliphatic rings. The van der Waals surface area contributed by atoms with E-state index in [1.807, 2.05) is 29.0 Å². The van der Waals surface area contributed by atoms with Gasteiger partial charge >= 0.3 is 0 Å². The van der Waals surface area contributed by atoms with Gasteiger partial charge in [-0.25, -0.2) is 4.98 Å². The normalized spacial score (nSPS) is 8.80.